The first-order valence-corrected chi connectivity index (χ1v) is 5.54. The Balaban J connectivity index is 2.63. The molecule has 0 atom stereocenters. The van der Waals surface area contributed by atoms with Gasteiger partial charge in [0.25, 0.3) is 0 Å². The van der Waals surface area contributed by atoms with Crippen molar-refractivity contribution in [3.63, 3.8) is 0 Å². The minimum absolute atomic E-state index is 0.477. The Morgan fingerprint density at radius 2 is 2.27 bits per heavy atom. The smallest absolute Gasteiger partial charge is 0.152 e. The third-order valence-corrected chi connectivity index (χ3v) is 2.82. The molecule has 0 unspecified atom stereocenters. The molecule has 0 fully saturated rings. The summed E-state index contributed by atoms with van der Waals surface area (Å²) in [5.74, 6) is 1.45. The standard InChI is InChI=1S/C11H14ClN3/c1-3-14(2)11-9(8-12)15-7-5-4-6-10(15)13-11/h4-7H,3,8H2,1-2H3. The fourth-order valence-electron chi connectivity index (χ4n) is 1.61. The van der Waals surface area contributed by atoms with E-state index in [1.807, 2.05) is 35.8 Å². The van der Waals surface area contributed by atoms with E-state index in [0.29, 0.717) is 5.88 Å². The lowest BCUT2D eigenvalue weighted by Gasteiger charge is -2.14. The molecule has 0 amide bonds. The molecule has 0 spiro atoms. The molecule has 2 aromatic heterocycles. The van der Waals surface area contributed by atoms with Gasteiger partial charge >= 0.3 is 0 Å². The van der Waals surface area contributed by atoms with Crippen molar-refractivity contribution in [1.82, 2.24) is 9.38 Å². The maximum Gasteiger partial charge on any atom is 0.152 e. The van der Waals surface area contributed by atoms with E-state index in [2.05, 4.69) is 16.8 Å². The van der Waals surface area contributed by atoms with Crippen molar-refractivity contribution in [1.29, 1.82) is 0 Å². The predicted octanol–water partition coefficient (Wildman–Crippen LogP) is 2.53. The first-order valence-electron chi connectivity index (χ1n) is 5.01. The Morgan fingerprint density at radius 3 is 2.93 bits per heavy atom. The van der Waals surface area contributed by atoms with Gasteiger partial charge in [-0.15, -0.1) is 11.6 Å². The zero-order chi connectivity index (χ0) is 10.8. The molecule has 0 saturated heterocycles. The van der Waals surface area contributed by atoms with E-state index in [-0.39, 0.29) is 0 Å². The first kappa shape index (κ1) is 10.3. The van der Waals surface area contributed by atoms with Crippen LogP contribution in [0, 0.1) is 0 Å². The van der Waals surface area contributed by atoms with Crippen LogP contribution in [0.3, 0.4) is 0 Å². The highest BCUT2D eigenvalue weighted by molar-refractivity contribution is 6.17. The lowest BCUT2D eigenvalue weighted by molar-refractivity contribution is 0.933. The van der Waals surface area contributed by atoms with E-state index in [0.717, 1.165) is 23.7 Å². The van der Waals surface area contributed by atoms with Crippen LogP contribution in [0.2, 0.25) is 0 Å². The number of alkyl halides is 1. The lowest BCUT2D eigenvalue weighted by Crippen LogP contribution is -2.17. The molecule has 0 aliphatic rings. The van der Waals surface area contributed by atoms with Gasteiger partial charge in [-0.2, -0.15) is 0 Å². The van der Waals surface area contributed by atoms with Crippen LogP contribution in [-0.4, -0.2) is 23.0 Å². The highest BCUT2D eigenvalue weighted by Crippen LogP contribution is 2.22. The molecule has 0 aliphatic carbocycles. The van der Waals surface area contributed by atoms with Crippen molar-refractivity contribution in [2.45, 2.75) is 12.8 Å². The summed E-state index contributed by atoms with van der Waals surface area (Å²) in [6.45, 7) is 3.02. The summed E-state index contributed by atoms with van der Waals surface area (Å²) in [6, 6.07) is 5.96. The highest BCUT2D eigenvalue weighted by atomic mass is 35.5. The van der Waals surface area contributed by atoms with Gasteiger partial charge in [0.2, 0.25) is 0 Å². The van der Waals surface area contributed by atoms with Crippen molar-refractivity contribution in [3.8, 4) is 0 Å². The Kier molecular flexibility index (Phi) is 2.82. The molecule has 80 valence electrons. The van der Waals surface area contributed by atoms with Gasteiger partial charge in [-0.1, -0.05) is 6.07 Å². The second-order valence-electron chi connectivity index (χ2n) is 3.46. The molecule has 0 aromatic carbocycles. The van der Waals surface area contributed by atoms with Crippen molar-refractivity contribution in [2.75, 3.05) is 18.5 Å². The average molecular weight is 224 g/mol. The number of fused-ring (bicyclic) bond motifs is 1. The summed E-state index contributed by atoms with van der Waals surface area (Å²) in [6.07, 6.45) is 1.99. The number of imidazole rings is 1. The Labute approximate surface area is 94.3 Å². The molecule has 2 rings (SSSR count). The fraction of sp³-hybridized carbons (Fsp3) is 0.364. The monoisotopic (exact) mass is 223 g/mol. The molecule has 0 saturated carbocycles. The van der Waals surface area contributed by atoms with Gasteiger partial charge in [-0.25, -0.2) is 4.98 Å². The van der Waals surface area contributed by atoms with Crippen molar-refractivity contribution in [2.24, 2.45) is 0 Å². The highest BCUT2D eigenvalue weighted by Gasteiger charge is 2.12. The maximum absolute atomic E-state index is 5.97. The fourth-order valence-corrected chi connectivity index (χ4v) is 1.86. The topological polar surface area (TPSA) is 20.5 Å². The Bertz CT molecular complexity index is 464. The minimum Gasteiger partial charge on any atom is -0.358 e. The molecule has 0 N–H and O–H groups in total. The predicted molar refractivity (Wildman–Crippen MR) is 63.7 cm³/mol. The van der Waals surface area contributed by atoms with E-state index < -0.39 is 0 Å². The number of hydrogen-bond donors (Lipinski definition) is 0. The van der Waals surface area contributed by atoms with Crippen molar-refractivity contribution >= 4 is 23.1 Å². The summed E-state index contributed by atoms with van der Waals surface area (Å²) in [5.41, 5.74) is 2.00. The lowest BCUT2D eigenvalue weighted by atomic mass is 10.4. The largest absolute Gasteiger partial charge is 0.358 e. The second kappa shape index (κ2) is 4.11. The van der Waals surface area contributed by atoms with E-state index in [9.17, 15) is 0 Å². The summed E-state index contributed by atoms with van der Waals surface area (Å²) < 4.78 is 2.04. The quantitative estimate of drug-likeness (QED) is 0.746. The third-order valence-electron chi connectivity index (χ3n) is 2.57. The molecule has 15 heavy (non-hydrogen) atoms. The maximum atomic E-state index is 5.97. The number of aromatic nitrogens is 2. The van der Waals surface area contributed by atoms with Crippen LogP contribution in [-0.2, 0) is 5.88 Å². The summed E-state index contributed by atoms with van der Waals surface area (Å²) in [7, 11) is 2.03. The number of halogens is 1. The second-order valence-corrected chi connectivity index (χ2v) is 3.73. The van der Waals surface area contributed by atoms with Crippen LogP contribution in [0.15, 0.2) is 24.4 Å². The first-order chi connectivity index (χ1) is 7.27. The molecule has 2 heterocycles. The van der Waals surface area contributed by atoms with Crippen LogP contribution in [0.4, 0.5) is 5.82 Å². The minimum atomic E-state index is 0.477. The average Bonchev–Trinajstić information content (AvgIpc) is 2.66. The van der Waals surface area contributed by atoms with E-state index in [1.54, 1.807) is 0 Å². The molecule has 0 aliphatic heterocycles. The van der Waals surface area contributed by atoms with Crippen molar-refractivity contribution in [3.05, 3.63) is 30.1 Å². The third kappa shape index (κ3) is 1.67. The van der Waals surface area contributed by atoms with Crippen LogP contribution < -0.4 is 4.90 Å². The number of hydrogen-bond acceptors (Lipinski definition) is 2. The molecular formula is C11H14ClN3. The van der Waals surface area contributed by atoms with Crippen LogP contribution in [0.5, 0.6) is 0 Å². The summed E-state index contributed by atoms with van der Waals surface area (Å²) in [4.78, 5) is 6.66. The van der Waals surface area contributed by atoms with Crippen LogP contribution >= 0.6 is 11.6 Å². The van der Waals surface area contributed by atoms with Gasteiger partial charge in [0.05, 0.1) is 11.6 Å². The van der Waals surface area contributed by atoms with Gasteiger partial charge in [-0.3, -0.25) is 0 Å². The molecule has 4 heteroatoms. The number of pyridine rings is 1. The van der Waals surface area contributed by atoms with Crippen molar-refractivity contribution < 1.29 is 0 Å². The molecule has 0 bridgehead atoms. The zero-order valence-electron chi connectivity index (χ0n) is 8.94. The summed E-state index contributed by atoms with van der Waals surface area (Å²) in [5, 5.41) is 0. The van der Waals surface area contributed by atoms with E-state index in [4.69, 9.17) is 11.6 Å². The number of anilines is 1. The van der Waals surface area contributed by atoms with E-state index in [1.165, 1.54) is 0 Å². The Hall–Kier alpha value is -1.22. The Morgan fingerprint density at radius 1 is 1.47 bits per heavy atom. The van der Waals surface area contributed by atoms with Gasteiger partial charge in [0, 0.05) is 19.8 Å². The number of nitrogens with zero attached hydrogens (tertiary/aromatic N) is 3. The van der Waals surface area contributed by atoms with E-state index >= 15 is 0 Å². The van der Waals surface area contributed by atoms with Crippen LogP contribution in [0.1, 0.15) is 12.6 Å². The zero-order valence-corrected chi connectivity index (χ0v) is 9.70. The van der Waals surface area contributed by atoms with Gasteiger partial charge < -0.3 is 9.30 Å². The van der Waals surface area contributed by atoms with Gasteiger partial charge in [0.1, 0.15) is 5.65 Å². The number of rotatable bonds is 3. The van der Waals surface area contributed by atoms with Gasteiger partial charge in [0.15, 0.2) is 5.82 Å². The van der Waals surface area contributed by atoms with Crippen LogP contribution in [0.25, 0.3) is 5.65 Å². The van der Waals surface area contributed by atoms with Gasteiger partial charge in [-0.05, 0) is 19.1 Å². The molecule has 3 nitrogen and oxygen atoms in total. The summed E-state index contributed by atoms with van der Waals surface area (Å²) >= 11 is 5.97. The SMILES string of the molecule is CCN(C)c1nc2ccccn2c1CCl. The molecular weight excluding hydrogens is 210 g/mol. The molecule has 0 radical (unpaired) electrons. The molecule has 2 aromatic rings. The normalized spacial score (nSPS) is 10.9.